The number of benzene rings is 1. The van der Waals surface area contributed by atoms with Crippen LogP contribution >= 0.6 is 0 Å². The highest BCUT2D eigenvalue weighted by Crippen LogP contribution is 2.19. The number of nitrogens with zero attached hydrogens (tertiary/aromatic N) is 1. The molecule has 0 unspecified atom stereocenters. The van der Waals surface area contributed by atoms with E-state index in [1.165, 1.54) is 6.07 Å². The molecule has 0 aromatic heterocycles. The van der Waals surface area contributed by atoms with Crippen LogP contribution in [0.1, 0.15) is 35.2 Å². The molecule has 6 heteroatoms. The Balaban J connectivity index is 1.90. The maximum atomic E-state index is 11.9. The Labute approximate surface area is 122 Å². The second-order valence-corrected chi connectivity index (χ2v) is 5.10. The molecule has 0 N–H and O–H groups in total. The van der Waals surface area contributed by atoms with E-state index >= 15 is 0 Å². The molecule has 0 spiro atoms. The van der Waals surface area contributed by atoms with Gasteiger partial charge in [-0.3, -0.25) is 0 Å². The molecule has 1 heterocycles. The van der Waals surface area contributed by atoms with E-state index in [1.807, 2.05) is 0 Å². The average molecular weight is 292 g/mol. The molecule has 0 atom stereocenters. The van der Waals surface area contributed by atoms with Crippen molar-refractivity contribution in [1.29, 1.82) is 0 Å². The second kappa shape index (κ2) is 7.08. The normalized spacial score (nSPS) is 15.5. The summed E-state index contributed by atoms with van der Waals surface area (Å²) in [5, 5.41) is 0. The van der Waals surface area contributed by atoms with Gasteiger partial charge in [0.2, 0.25) is 0 Å². The van der Waals surface area contributed by atoms with Crippen molar-refractivity contribution in [2.75, 3.05) is 13.2 Å². The van der Waals surface area contributed by atoms with Crippen LogP contribution in [-0.4, -0.2) is 30.0 Å². The second-order valence-electron chi connectivity index (χ2n) is 5.10. The zero-order valence-electron chi connectivity index (χ0n) is 11.9. The van der Waals surface area contributed by atoms with Gasteiger partial charge in [0.1, 0.15) is 5.56 Å². The molecule has 0 aliphatic carbocycles. The third-order valence-electron chi connectivity index (χ3n) is 3.52. The van der Waals surface area contributed by atoms with Crippen LogP contribution in [0.4, 0.5) is 0 Å². The van der Waals surface area contributed by atoms with E-state index in [0.29, 0.717) is 18.8 Å². The minimum absolute atomic E-state index is 0.128. The summed E-state index contributed by atoms with van der Waals surface area (Å²) in [5.74, 6) is -1.40. The van der Waals surface area contributed by atoms with Gasteiger partial charge >= 0.3 is 16.8 Å². The maximum Gasteiger partial charge on any atom is 0.523 e. The zero-order valence-corrected chi connectivity index (χ0v) is 11.9. The summed E-state index contributed by atoms with van der Waals surface area (Å²) < 4.78 is 5.19. The summed E-state index contributed by atoms with van der Waals surface area (Å²) in [6.45, 7) is 2.94. The molecule has 1 amide bonds. The van der Waals surface area contributed by atoms with Crippen LogP contribution in [0.25, 0.3) is 0 Å². The fourth-order valence-electron chi connectivity index (χ4n) is 2.27. The van der Waals surface area contributed by atoms with Crippen molar-refractivity contribution in [3.8, 4) is 0 Å². The number of aryl methyl sites for hydroxylation is 1. The third kappa shape index (κ3) is 4.19. The lowest BCUT2D eigenvalue weighted by molar-refractivity contribution is -0.702. The Morgan fingerprint density at radius 3 is 2.62 bits per heavy atom. The quantitative estimate of drug-likeness (QED) is 0.798. The fourth-order valence-corrected chi connectivity index (χ4v) is 2.27. The van der Waals surface area contributed by atoms with Gasteiger partial charge in [-0.05, 0) is 37.3 Å². The van der Waals surface area contributed by atoms with Crippen molar-refractivity contribution in [2.45, 2.75) is 26.2 Å². The Bertz CT molecular complexity index is 549. The van der Waals surface area contributed by atoms with Crippen molar-refractivity contribution in [3.05, 3.63) is 40.3 Å². The number of amides is 1. The molecule has 2 rings (SSSR count). The number of carbonyl (C=O) groups excluding carboxylic acids is 2. The number of carbonyl (C=O) groups is 2. The largest absolute Gasteiger partial charge is 0.523 e. The van der Waals surface area contributed by atoms with Gasteiger partial charge in [-0.1, -0.05) is 18.2 Å². The van der Waals surface area contributed by atoms with Gasteiger partial charge in [-0.2, -0.15) is 0 Å². The van der Waals surface area contributed by atoms with E-state index < -0.39 is 11.9 Å². The predicted molar refractivity (Wildman–Crippen MR) is 73.4 cm³/mol. The molecule has 1 aliphatic rings. The number of hydrogen-bond acceptors (Lipinski definition) is 5. The number of ether oxygens (including phenoxy) is 1. The molecular formula is C15H18NO5+. The summed E-state index contributed by atoms with van der Waals surface area (Å²) >= 11 is 0. The highest BCUT2D eigenvalue weighted by Gasteiger charge is 2.33. The monoisotopic (exact) mass is 292 g/mol. The van der Waals surface area contributed by atoms with Crippen molar-refractivity contribution >= 4 is 11.9 Å². The van der Waals surface area contributed by atoms with E-state index in [9.17, 15) is 14.5 Å². The molecule has 0 saturated carbocycles. The Morgan fingerprint density at radius 2 is 1.95 bits per heavy atom. The first-order valence-electron chi connectivity index (χ1n) is 6.93. The summed E-state index contributed by atoms with van der Waals surface area (Å²) in [6.07, 6.45) is 1.66. The van der Waals surface area contributed by atoms with E-state index in [1.54, 1.807) is 25.1 Å². The first kappa shape index (κ1) is 15.3. The van der Waals surface area contributed by atoms with Gasteiger partial charge in [0.25, 0.3) is 0 Å². The SMILES string of the molecule is Cc1ccccc1C(=O)[N+](=O)OC(=O)CC1CCOCC1. The van der Waals surface area contributed by atoms with Gasteiger partial charge in [0, 0.05) is 13.2 Å². The third-order valence-corrected chi connectivity index (χ3v) is 3.52. The zero-order chi connectivity index (χ0) is 15.2. The molecule has 1 aromatic carbocycles. The van der Waals surface area contributed by atoms with Crippen LogP contribution in [0, 0.1) is 17.7 Å². The average Bonchev–Trinajstić information content (AvgIpc) is 2.48. The first-order valence-corrected chi connectivity index (χ1v) is 6.93. The van der Waals surface area contributed by atoms with Crippen LogP contribution in [-0.2, 0) is 14.4 Å². The fraction of sp³-hybridized carbons (Fsp3) is 0.467. The van der Waals surface area contributed by atoms with E-state index in [-0.39, 0.29) is 22.8 Å². The minimum atomic E-state index is -0.867. The number of hydrogen-bond donors (Lipinski definition) is 0. The van der Waals surface area contributed by atoms with Crippen molar-refractivity contribution in [2.24, 2.45) is 5.92 Å². The van der Waals surface area contributed by atoms with Gasteiger partial charge in [-0.15, -0.1) is 4.84 Å². The molecule has 0 bridgehead atoms. The van der Waals surface area contributed by atoms with Crippen molar-refractivity contribution < 1.29 is 24.1 Å². The topological polar surface area (TPSA) is 72.7 Å². The Kier molecular flexibility index (Phi) is 5.16. The lowest BCUT2D eigenvalue weighted by atomic mass is 9.97. The number of rotatable bonds is 3. The van der Waals surface area contributed by atoms with E-state index in [4.69, 9.17) is 4.74 Å². The van der Waals surface area contributed by atoms with Crippen LogP contribution in [0.15, 0.2) is 24.3 Å². The summed E-state index contributed by atoms with van der Waals surface area (Å²) in [4.78, 5) is 39.6. The standard InChI is InChI=1S/C15H18NO5/c1-11-4-2-3-5-13(11)15(18)16(19)21-14(17)10-12-6-8-20-9-7-12/h2-5,12H,6-10H2,1H3/q+1. The molecule has 6 nitrogen and oxygen atoms in total. The van der Waals surface area contributed by atoms with Crippen molar-refractivity contribution in [3.63, 3.8) is 0 Å². The molecule has 112 valence electrons. The smallest absolute Gasteiger partial charge is 0.381 e. The summed E-state index contributed by atoms with van der Waals surface area (Å²) in [7, 11) is 0. The molecule has 1 saturated heterocycles. The van der Waals surface area contributed by atoms with Gasteiger partial charge in [0.05, 0.1) is 11.3 Å². The molecule has 0 radical (unpaired) electrons. The highest BCUT2D eigenvalue weighted by atomic mass is 16.8. The van der Waals surface area contributed by atoms with Crippen LogP contribution in [0.2, 0.25) is 0 Å². The first-order chi connectivity index (χ1) is 10.1. The van der Waals surface area contributed by atoms with Gasteiger partial charge < -0.3 is 4.74 Å². The molecule has 1 aromatic rings. The van der Waals surface area contributed by atoms with Crippen LogP contribution < -0.4 is 0 Å². The van der Waals surface area contributed by atoms with Crippen LogP contribution in [0.5, 0.6) is 0 Å². The molecular weight excluding hydrogens is 274 g/mol. The molecule has 1 fully saturated rings. The lowest BCUT2D eigenvalue weighted by Gasteiger charge is -2.19. The van der Waals surface area contributed by atoms with E-state index in [0.717, 1.165) is 12.8 Å². The van der Waals surface area contributed by atoms with Gasteiger partial charge in [0.15, 0.2) is 0 Å². The Hall–Kier alpha value is -2.08. The highest BCUT2D eigenvalue weighted by molar-refractivity contribution is 5.89. The van der Waals surface area contributed by atoms with Crippen molar-refractivity contribution in [1.82, 2.24) is 0 Å². The lowest BCUT2D eigenvalue weighted by Crippen LogP contribution is -2.26. The summed E-state index contributed by atoms with van der Waals surface area (Å²) in [5.41, 5.74) is 0.884. The predicted octanol–water partition coefficient (Wildman–Crippen LogP) is 2.19. The maximum absolute atomic E-state index is 11.9. The van der Waals surface area contributed by atoms with E-state index in [2.05, 4.69) is 4.84 Å². The molecule has 1 aliphatic heterocycles. The summed E-state index contributed by atoms with van der Waals surface area (Å²) in [6, 6.07) is 6.65. The van der Waals surface area contributed by atoms with Crippen LogP contribution in [0.3, 0.4) is 0 Å². The Morgan fingerprint density at radius 1 is 1.29 bits per heavy atom. The van der Waals surface area contributed by atoms with Gasteiger partial charge in [-0.25, -0.2) is 9.59 Å². The minimum Gasteiger partial charge on any atom is -0.381 e. The molecule has 21 heavy (non-hydrogen) atoms.